The molecule has 0 heterocycles. The number of hydrogen-bond acceptors (Lipinski definition) is 6. The molecule has 0 saturated heterocycles. The Labute approximate surface area is 144 Å². The Kier molecular flexibility index (Phi) is 5.28. The number of phenols is 2. The van der Waals surface area contributed by atoms with E-state index < -0.39 is 15.9 Å². The van der Waals surface area contributed by atoms with Crippen molar-refractivity contribution in [3.8, 4) is 11.5 Å². The second-order valence-corrected chi connectivity index (χ2v) is 7.04. The van der Waals surface area contributed by atoms with Crippen molar-refractivity contribution in [2.75, 3.05) is 11.0 Å². The zero-order valence-electron chi connectivity index (χ0n) is 13.5. The van der Waals surface area contributed by atoms with E-state index in [1.54, 1.807) is 31.2 Å². The van der Waals surface area contributed by atoms with E-state index in [2.05, 4.69) is 15.2 Å². The molecule has 0 saturated carbocycles. The van der Waals surface area contributed by atoms with Gasteiger partial charge in [-0.25, -0.2) is 13.8 Å². The molecular weight excluding hydrogens is 346 g/mol. The number of nitrogens with zero attached hydrogens (tertiary/aromatic N) is 1. The van der Waals surface area contributed by atoms with Crippen LogP contribution < -0.4 is 10.1 Å². The van der Waals surface area contributed by atoms with Gasteiger partial charge in [-0.3, -0.25) is 9.52 Å². The molecule has 8 nitrogen and oxygen atoms in total. The van der Waals surface area contributed by atoms with Gasteiger partial charge in [-0.1, -0.05) is 12.1 Å². The smallest absolute Gasteiger partial charge is 0.275 e. The molecule has 0 aromatic heterocycles. The summed E-state index contributed by atoms with van der Waals surface area (Å²) >= 11 is 0. The first-order valence-corrected chi connectivity index (χ1v) is 9.00. The summed E-state index contributed by atoms with van der Waals surface area (Å²) in [6.45, 7) is 1.66. The van der Waals surface area contributed by atoms with Crippen LogP contribution in [0.15, 0.2) is 47.6 Å². The van der Waals surface area contributed by atoms with E-state index in [9.17, 15) is 23.4 Å². The SMILES string of the molecule is C/C(=N/NC(=O)c1ccc(O)cc1O)c1ccc(NS(C)(=O)=O)cc1. The summed E-state index contributed by atoms with van der Waals surface area (Å²) in [5.74, 6) is -1.15. The Morgan fingerprint density at radius 2 is 1.72 bits per heavy atom. The number of anilines is 1. The van der Waals surface area contributed by atoms with Crippen molar-refractivity contribution >= 4 is 27.3 Å². The summed E-state index contributed by atoms with van der Waals surface area (Å²) in [6.07, 6.45) is 1.06. The Balaban J connectivity index is 2.09. The van der Waals surface area contributed by atoms with E-state index in [1.165, 1.54) is 12.1 Å². The number of benzene rings is 2. The van der Waals surface area contributed by atoms with Crippen LogP contribution >= 0.6 is 0 Å². The van der Waals surface area contributed by atoms with Crippen LogP contribution in [0.1, 0.15) is 22.8 Å². The summed E-state index contributed by atoms with van der Waals surface area (Å²) in [5.41, 5.74) is 3.85. The van der Waals surface area contributed by atoms with Crippen LogP contribution in [0.25, 0.3) is 0 Å². The molecule has 9 heteroatoms. The molecule has 0 aliphatic heterocycles. The molecule has 0 unspecified atom stereocenters. The maximum absolute atomic E-state index is 12.0. The third kappa shape index (κ3) is 5.21. The van der Waals surface area contributed by atoms with Crippen molar-refractivity contribution in [1.29, 1.82) is 0 Å². The molecule has 4 N–H and O–H groups in total. The lowest BCUT2D eigenvalue weighted by Crippen LogP contribution is -2.19. The minimum absolute atomic E-state index is 0.0259. The summed E-state index contributed by atoms with van der Waals surface area (Å²) in [5, 5.41) is 22.8. The maximum Gasteiger partial charge on any atom is 0.275 e. The van der Waals surface area contributed by atoms with Gasteiger partial charge in [-0.2, -0.15) is 5.10 Å². The van der Waals surface area contributed by atoms with Crippen molar-refractivity contribution < 1.29 is 23.4 Å². The monoisotopic (exact) mass is 363 g/mol. The lowest BCUT2D eigenvalue weighted by Gasteiger charge is -2.07. The third-order valence-corrected chi connectivity index (χ3v) is 3.76. The molecule has 0 aliphatic carbocycles. The average molecular weight is 363 g/mol. The molecule has 2 aromatic rings. The van der Waals surface area contributed by atoms with Gasteiger partial charge in [0.1, 0.15) is 11.5 Å². The number of carbonyl (C=O) groups excluding carboxylic acids is 1. The van der Waals surface area contributed by atoms with E-state index in [4.69, 9.17) is 0 Å². The number of carbonyl (C=O) groups is 1. The molecule has 0 bridgehead atoms. The first kappa shape index (κ1) is 18.3. The van der Waals surface area contributed by atoms with Crippen LogP contribution in [0.3, 0.4) is 0 Å². The second-order valence-electron chi connectivity index (χ2n) is 5.29. The highest BCUT2D eigenvalue weighted by Gasteiger charge is 2.11. The third-order valence-electron chi connectivity index (χ3n) is 3.16. The Morgan fingerprint density at radius 1 is 1.08 bits per heavy atom. The van der Waals surface area contributed by atoms with Crippen molar-refractivity contribution in [2.45, 2.75) is 6.92 Å². The topological polar surface area (TPSA) is 128 Å². The van der Waals surface area contributed by atoms with Crippen LogP contribution in [0.5, 0.6) is 11.5 Å². The van der Waals surface area contributed by atoms with Crippen LogP contribution in [0.2, 0.25) is 0 Å². The van der Waals surface area contributed by atoms with Gasteiger partial charge in [-0.05, 0) is 36.8 Å². The quantitative estimate of drug-likeness (QED) is 0.474. The molecule has 0 spiro atoms. The number of nitrogens with one attached hydrogen (secondary N) is 2. The first-order valence-electron chi connectivity index (χ1n) is 7.10. The minimum Gasteiger partial charge on any atom is -0.508 e. The summed E-state index contributed by atoms with van der Waals surface area (Å²) in [7, 11) is -3.35. The van der Waals surface area contributed by atoms with E-state index in [-0.39, 0.29) is 17.1 Å². The van der Waals surface area contributed by atoms with Crippen LogP contribution in [-0.4, -0.2) is 36.5 Å². The number of hydrogen-bond donors (Lipinski definition) is 4. The number of aromatic hydroxyl groups is 2. The summed E-state index contributed by atoms with van der Waals surface area (Å²) < 4.78 is 24.7. The molecule has 2 rings (SSSR count). The highest BCUT2D eigenvalue weighted by Crippen LogP contribution is 2.22. The van der Waals surface area contributed by atoms with E-state index in [0.717, 1.165) is 12.3 Å². The van der Waals surface area contributed by atoms with Crippen molar-refractivity contribution in [2.24, 2.45) is 5.10 Å². The second kappa shape index (κ2) is 7.22. The zero-order chi connectivity index (χ0) is 18.6. The van der Waals surface area contributed by atoms with Crippen LogP contribution in [0.4, 0.5) is 5.69 Å². The van der Waals surface area contributed by atoms with Gasteiger partial charge in [0.25, 0.3) is 5.91 Å². The molecule has 2 aromatic carbocycles. The summed E-state index contributed by atoms with van der Waals surface area (Å²) in [6, 6.07) is 10.0. The van der Waals surface area contributed by atoms with Gasteiger partial charge in [0.05, 0.1) is 17.5 Å². The lowest BCUT2D eigenvalue weighted by molar-refractivity contribution is 0.0952. The molecule has 0 atom stereocenters. The molecule has 0 aliphatic rings. The standard InChI is InChI=1S/C16H17N3O5S/c1-10(11-3-5-12(6-4-11)19-25(2,23)24)17-18-16(22)14-8-7-13(20)9-15(14)21/h3-9,19-21H,1-2H3,(H,18,22)/b17-10-. The lowest BCUT2D eigenvalue weighted by atomic mass is 10.1. The largest absolute Gasteiger partial charge is 0.508 e. The van der Waals surface area contributed by atoms with Gasteiger partial charge in [0.15, 0.2) is 0 Å². The van der Waals surface area contributed by atoms with Gasteiger partial charge >= 0.3 is 0 Å². The normalized spacial score (nSPS) is 11.8. The van der Waals surface area contributed by atoms with E-state index in [0.29, 0.717) is 17.0 Å². The van der Waals surface area contributed by atoms with Crippen LogP contribution in [-0.2, 0) is 10.0 Å². The van der Waals surface area contributed by atoms with E-state index >= 15 is 0 Å². The van der Waals surface area contributed by atoms with Crippen molar-refractivity contribution in [1.82, 2.24) is 5.43 Å². The van der Waals surface area contributed by atoms with Crippen molar-refractivity contribution in [3.05, 3.63) is 53.6 Å². The zero-order valence-corrected chi connectivity index (χ0v) is 14.3. The number of rotatable bonds is 5. The Hall–Kier alpha value is -3.07. The fraction of sp³-hybridized carbons (Fsp3) is 0.125. The highest BCUT2D eigenvalue weighted by atomic mass is 32.2. The van der Waals surface area contributed by atoms with Crippen LogP contribution in [0, 0.1) is 0 Å². The Morgan fingerprint density at radius 3 is 2.28 bits per heavy atom. The number of phenolic OH excluding ortho intramolecular Hbond substituents is 2. The summed E-state index contributed by atoms with van der Waals surface area (Å²) in [4.78, 5) is 12.0. The molecule has 132 valence electrons. The van der Waals surface area contributed by atoms with Gasteiger partial charge in [0, 0.05) is 11.8 Å². The Bertz CT molecular complexity index is 921. The van der Waals surface area contributed by atoms with Gasteiger partial charge in [0.2, 0.25) is 10.0 Å². The van der Waals surface area contributed by atoms with E-state index in [1.807, 2.05) is 0 Å². The first-order chi connectivity index (χ1) is 11.7. The van der Waals surface area contributed by atoms with Gasteiger partial charge < -0.3 is 10.2 Å². The fourth-order valence-electron chi connectivity index (χ4n) is 1.96. The minimum atomic E-state index is -3.35. The fourth-order valence-corrected chi connectivity index (χ4v) is 2.53. The molecule has 25 heavy (non-hydrogen) atoms. The predicted octanol–water partition coefficient (Wildman–Crippen LogP) is 1.62. The van der Waals surface area contributed by atoms with Gasteiger partial charge in [-0.15, -0.1) is 0 Å². The predicted molar refractivity (Wildman–Crippen MR) is 94.4 cm³/mol. The average Bonchev–Trinajstić information content (AvgIpc) is 2.51. The molecular formula is C16H17N3O5S. The molecule has 1 amide bonds. The maximum atomic E-state index is 12.0. The molecule has 0 fully saturated rings. The number of sulfonamides is 1. The molecule has 0 radical (unpaired) electrons. The number of hydrazone groups is 1. The highest BCUT2D eigenvalue weighted by molar-refractivity contribution is 7.92. The number of amides is 1. The van der Waals surface area contributed by atoms with Crippen molar-refractivity contribution in [3.63, 3.8) is 0 Å².